The monoisotopic (exact) mass is 428 g/mol. The number of fused-ring (bicyclic) bond motifs is 3. The average molecular weight is 429 g/mol. The van der Waals surface area contributed by atoms with E-state index in [1.807, 2.05) is 36.4 Å². The summed E-state index contributed by atoms with van der Waals surface area (Å²) in [5, 5.41) is 13.8. The van der Waals surface area contributed by atoms with Gasteiger partial charge in [0.1, 0.15) is 12.6 Å². The van der Waals surface area contributed by atoms with Gasteiger partial charge in [-0.3, -0.25) is 9.59 Å². The fourth-order valence-electron chi connectivity index (χ4n) is 3.44. The Bertz CT molecular complexity index is 888. The third kappa shape index (κ3) is 5.33. The zero-order valence-electron chi connectivity index (χ0n) is 16.6. The first-order valence-corrected chi connectivity index (χ1v) is 10.8. The number of alkyl carbamates (subject to hydrolysis) is 1. The summed E-state index contributed by atoms with van der Waals surface area (Å²) in [6.07, 6.45) is -0.653. The Hall–Kier alpha value is -3.00. The molecule has 0 heterocycles. The molecule has 0 fully saturated rings. The van der Waals surface area contributed by atoms with Gasteiger partial charge in [-0.05, 0) is 29.2 Å². The van der Waals surface area contributed by atoms with E-state index in [1.54, 1.807) is 6.92 Å². The fourth-order valence-corrected chi connectivity index (χ4v) is 4.01. The number of rotatable bonds is 9. The Kier molecular flexibility index (Phi) is 7.35. The predicted molar refractivity (Wildman–Crippen MR) is 116 cm³/mol. The Morgan fingerprint density at radius 2 is 1.67 bits per heavy atom. The van der Waals surface area contributed by atoms with E-state index in [1.165, 1.54) is 11.8 Å². The van der Waals surface area contributed by atoms with Crippen LogP contribution in [0.25, 0.3) is 11.1 Å². The number of ether oxygens (including phenoxy) is 1. The highest BCUT2D eigenvalue weighted by molar-refractivity contribution is 7.99. The molecule has 0 spiro atoms. The van der Waals surface area contributed by atoms with E-state index in [-0.39, 0.29) is 24.2 Å². The highest BCUT2D eigenvalue weighted by Gasteiger charge is 2.29. The van der Waals surface area contributed by atoms with Crippen LogP contribution in [0.5, 0.6) is 0 Å². The van der Waals surface area contributed by atoms with Gasteiger partial charge in [0.25, 0.3) is 0 Å². The zero-order valence-corrected chi connectivity index (χ0v) is 17.4. The highest BCUT2D eigenvalue weighted by atomic mass is 32.2. The number of nitrogens with one attached hydrogen (secondary N) is 2. The third-order valence-electron chi connectivity index (χ3n) is 4.84. The number of carboxylic acids is 1. The second-order valence-corrected chi connectivity index (χ2v) is 8.03. The SMILES string of the molecule is C[C@H](NC(=O)OCC1c2ccccc2-c2ccccc21)C(=O)NCCSCC(=O)O. The van der Waals surface area contributed by atoms with Crippen molar-refractivity contribution in [3.8, 4) is 11.1 Å². The summed E-state index contributed by atoms with van der Waals surface area (Å²) in [4.78, 5) is 34.7. The van der Waals surface area contributed by atoms with Crippen molar-refractivity contribution in [2.24, 2.45) is 0 Å². The first-order valence-electron chi connectivity index (χ1n) is 9.66. The van der Waals surface area contributed by atoms with E-state index in [0.717, 1.165) is 22.3 Å². The van der Waals surface area contributed by atoms with Crippen molar-refractivity contribution in [1.29, 1.82) is 0 Å². The summed E-state index contributed by atoms with van der Waals surface area (Å²) in [6, 6.07) is 15.4. The van der Waals surface area contributed by atoms with E-state index in [0.29, 0.717) is 12.3 Å². The van der Waals surface area contributed by atoms with E-state index < -0.39 is 18.1 Å². The molecule has 0 unspecified atom stereocenters. The van der Waals surface area contributed by atoms with Gasteiger partial charge in [-0.2, -0.15) is 0 Å². The summed E-state index contributed by atoms with van der Waals surface area (Å²) >= 11 is 1.21. The minimum Gasteiger partial charge on any atom is -0.481 e. The van der Waals surface area contributed by atoms with E-state index in [9.17, 15) is 14.4 Å². The molecule has 0 saturated heterocycles. The van der Waals surface area contributed by atoms with E-state index >= 15 is 0 Å². The lowest BCUT2D eigenvalue weighted by molar-refractivity contribution is -0.133. The maximum Gasteiger partial charge on any atom is 0.407 e. The van der Waals surface area contributed by atoms with Gasteiger partial charge in [-0.15, -0.1) is 11.8 Å². The lowest BCUT2D eigenvalue weighted by Gasteiger charge is -2.17. The second-order valence-electron chi connectivity index (χ2n) is 6.93. The predicted octanol–water partition coefficient (Wildman–Crippen LogP) is 2.85. The van der Waals surface area contributed by atoms with Crippen molar-refractivity contribution in [3.05, 3.63) is 59.7 Å². The number of carbonyl (C=O) groups excluding carboxylic acids is 2. The molecule has 1 atom stereocenters. The lowest BCUT2D eigenvalue weighted by Crippen LogP contribution is -2.45. The normalized spacial score (nSPS) is 13.1. The Balaban J connectivity index is 1.48. The summed E-state index contributed by atoms with van der Waals surface area (Å²) in [5.74, 6) is -0.811. The highest BCUT2D eigenvalue weighted by Crippen LogP contribution is 2.44. The van der Waals surface area contributed by atoms with Gasteiger partial charge in [0.05, 0.1) is 5.75 Å². The Morgan fingerprint density at radius 3 is 2.27 bits per heavy atom. The molecular weight excluding hydrogens is 404 g/mol. The molecule has 0 bridgehead atoms. The van der Waals surface area contributed by atoms with Crippen LogP contribution in [-0.2, 0) is 14.3 Å². The quantitative estimate of drug-likeness (QED) is 0.531. The van der Waals surface area contributed by atoms with Crippen molar-refractivity contribution in [2.45, 2.75) is 18.9 Å². The van der Waals surface area contributed by atoms with Gasteiger partial charge in [0.15, 0.2) is 0 Å². The molecule has 0 radical (unpaired) electrons. The molecule has 158 valence electrons. The van der Waals surface area contributed by atoms with Gasteiger partial charge in [0.2, 0.25) is 5.91 Å². The third-order valence-corrected chi connectivity index (χ3v) is 5.79. The van der Waals surface area contributed by atoms with E-state index in [4.69, 9.17) is 9.84 Å². The van der Waals surface area contributed by atoms with Crippen LogP contribution in [0.2, 0.25) is 0 Å². The number of hydrogen-bond acceptors (Lipinski definition) is 5. The maximum absolute atomic E-state index is 12.2. The van der Waals surface area contributed by atoms with Gasteiger partial charge in [-0.1, -0.05) is 48.5 Å². The van der Waals surface area contributed by atoms with Crippen LogP contribution in [0.3, 0.4) is 0 Å². The van der Waals surface area contributed by atoms with Crippen LogP contribution in [0.15, 0.2) is 48.5 Å². The molecule has 3 rings (SSSR count). The summed E-state index contributed by atoms with van der Waals surface area (Å²) in [5.41, 5.74) is 4.54. The molecule has 2 amide bonds. The average Bonchev–Trinajstić information content (AvgIpc) is 3.05. The number of thioether (sulfide) groups is 1. The van der Waals surface area contributed by atoms with Gasteiger partial charge < -0.3 is 20.5 Å². The lowest BCUT2D eigenvalue weighted by atomic mass is 9.98. The molecule has 0 aliphatic heterocycles. The second kappa shape index (κ2) is 10.2. The van der Waals surface area contributed by atoms with Crippen molar-refractivity contribution in [3.63, 3.8) is 0 Å². The fraction of sp³-hybridized carbons (Fsp3) is 0.318. The first-order chi connectivity index (χ1) is 14.5. The molecule has 8 heteroatoms. The van der Waals surface area contributed by atoms with Crippen LogP contribution in [0.4, 0.5) is 4.79 Å². The molecule has 30 heavy (non-hydrogen) atoms. The standard InChI is InChI=1S/C22H24N2O5S/c1-14(21(27)23-10-11-30-13-20(25)26)24-22(28)29-12-19-17-8-4-2-6-15(17)16-7-3-5-9-18(16)19/h2-9,14,19H,10-13H2,1H3,(H,23,27)(H,24,28)(H,25,26)/t14-/m0/s1. The topological polar surface area (TPSA) is 105 Å². The minimum atomic E-state index is -0.892. The molecule has 0 saturated carbocycles. The van der Waals surface area contributed by atoms with Crippen LogP contribution in [-0.4, -0.2) is 53.8 Å². The van der Waals surface area contributed by atoms with Crippen molar-refractivity contribution >= 4 is 29.7 Å². The summed E-state index contributed by atoms with van der Waals surface area (Å²) < 4.78 is 5.43. The number of hydrogen-bond donors (Lipinski definition) is 3. The number of carbonyl (C=O) groups is 3. The van der Waals surface area contributed by atoms with Crippen LogP contribution in [0.1, 0.15) is 24.0 Å². The summed E-state index contributed by atoms with van der Waals surface area (Å²) in [7, 11) is 0. The molecule has 7 nitrogen and oxygen atoms in total. The van der Waals surface area contributed by atoms with Gasteiger partial charge in [-0.25, -0.2) is 4.79 Å². The number of carboxylic acid groups (broad SMARTS) is 1. The van der Waals surface area contributed by atoms with Crippen molar-refractivity contribution < 1.29 is 24.2 Å². The zero-order chi connectivity index (χ0) is 21.5. The first kappa shape index (κ1) is 21.7. The largest absolute Gasteiger partial charge is 0.481 e. The maximum atomic E-state index is 12.2. The van der Waals surface area contributed by atoms with Gasteiger partial charge in [0, 0.05) is 18.2 Å². The minimum absolute atomic E-state index is 0.0105. The van der Waals surface area contributed by atoms with Crippen LogP contribution < -0.4 is 10.6 Å². The van der Waals surface area contributed by atoms with E-state index in [2.05, 4.69) is 22.8 Å². The molecule has 2 aromatic carbocycles. The molecular formula is C22H24N2O5S. The van der Waals surface area contributed by atoms with Crippen LogP contribution >= 0.6 is 11.8 Å². The van der Waals surface area contributed by atoms with Crippen molar-refractivity contribution in [2.75, 3.05) is 24.7 Å². The Morgan fingerprint density at radius 1 is 1.07 bits per heavy atom. The number of aliphatic carboxylic acids is 1. The van der Waals surface area contributed by atoms with Gasteiger partial charge >= 0.3 is 12.1 Å². The molecule has 1 aliphatic rings. The number of benzene rings is 2. The molecule has 1 aliphatic carbocycles. The molecule has 3 N–H and O–H groups in total. The van der Waals surface area contributed by atoms with Crippen molar-refractivity contribution in [1.82, 2.24) is 10.6 Å². The summed E-state index contributed by atoms with van der Waals surface area (Å²) in [6.45, 7) is 2.08. The number of amides is 2. The van der Waals surface area contributed by atoms with Crippen LogP contribution in [0, 0.1) is 0 Å². The Labute approximate surface area is 179 Å². The molecule has 2 aromatic rings. The smallest absolute Gasteiger partial charge is 0.407 e. The molecule has 0 aromatic heterocycles.